The second-order valence-electron chi connectivity index (χ2n) is 6.58. The number of aromatic nitrogens is 2. The minimum absolute atomic E-state index is 0.180. The average Bonchev–Trinajstić information content (AvgIpc) is 3.06. The molecule has 0 amide bonds. The fraction of sp³-hybridized carbons (Fsp3) is 0.474. The summed E-state index contributed by atoms with van der Waals surface area (Å²) in [7, 11) is 9.72. The monoisotopic (exact) mass is 376 g/mol. The lowest BCUT2D eigenvalue weighted by molar-refractivity contribution is 0.275. The van der Waals surface area contributed by atoms with Crippen molar-refractivity contribution in [3.63, 3.8) is 0 Å². The summed E-state index contributed by atoms with van der Waals surface area (Å²) in [5.41, 5.74) is 1.15. The molecule has 0 saturated carbocycles. The Morgan fingerprint density at radius 3 is 2.56 bits per heavy atom. The van der Waals surface area contributed by atoms with Crippen molar-refractivity contribution in [2.24, 2.45) is 12.0 Å². The molecule has 1 unspecified atom stereocenters. The van der Waals surface area contributed by atoms with E-state index in [1.54, 1.807) is 23.9 Å². The number of guanidine groups is 1. The van der Waals surface area contributed by atoms with Crippen molar-refractivity contribution < 1.29 is 9.13 Å². The fourth-order valence-corrected chi connectivity index (χ4v) is 2.72. The number of nitrogens with zero attached hydrogens (tertiary/aromatic N) is 5. The predicted octanol–water partition coefficient (Wildman–Crippen LogP) is 1.75. The van der Waals surface area contributed by atoms with E-state index >= 15 is 0 Å². The van der Waals surface area contributed by atoms with Crippen LogP contribution in [0.2, 0.25) is 0 Å². The van der Waals surface area contributed by atoms with Crippen LogP contribution in [0.3, 0.4) is 0 Å². The second kappa shape index (κ2) is 9.91. The summed E-state index contributed by atoms with van der Waals surface area (Å²) in [5, 5.41) is 7.67. The number of halogens is 1. The molecule has 1 aromatic carbocycles. The van der Waals surface area contributed by atoms with Gasteiger partial charge in [0.25, 0.3) is 0 Å². The van der Waals surface area contributed by atoms with Crippen molar-refractivity contribution in [1.82, 2.24) is 24.9 Å². The third kappa shape index (κ3) is 6.25. The lowest BCUT2D eigenvalue weighted by atomic mass is 10.1. The molecule has 1 atom stereocenters. The van der Waals surface area contributed by atoms with Crippen LogP contribution < -0.4 is 10.1 Å². The van der Waals surface area contributed by atoms with E-state index in [1.807, 2.05) is 45.5 Å². The molecule has 1 heterocycles. The minimum atomic E-state index is -0.270. The first-order valence-electron chi connectivity index (χ1n) is 8.86. The molecule has 0 aliphatic carbocycles. The van der Waals surface area contributed by atoms with Crippen molar-refractivity contribution in [3.8, 4) is 5.75 Å². The van der Waals surface area contributed by atoms with E-state index in [0.29, 0.717) is 25.4 Å². The Labute approximate surface area is 160 Å². The van der Waals surface area contributed by atoms with Crippen LogP contribution in [0, 0.1) is 5.82 Å². The van der Waals surface area contributed by atoms with Crippen molar-refractivity contribution in [2.45, 2.75) is 6.04 Å². The Hall–Kier alpha value is -2.61. The summed E-state index contributed by atoms with van der Waals surface area (Å²) >= 11 is 0. The van der Waals surface area contributed by atoms with E-state index in [2.05, 4.69) is 20.3 Å². The Morgan fingerprint density at radius 1 is 1.30 bits per heavy atom. The van der Waals surface area contributed by atoms with Crippen molar-refractivity contribution >= 4 is 5.96 Å². The predicted molar refractivity (Wildman–Crippen MR) is 106 cm³/mol. The van der Waals surface area contributed by atoms with Gasteiger partial charge in [0.1, 0.15) is 18.2 Å². The molecule has 0 aliphatic heterocycles. The third-order valence-electron chi connectivity index (χ3n) is 4.27. The van der Waals surface area contributed by atoms with Gasteiger partial charge < -0.3 is 19.9 Å². The average molecular weight is 376 g/mol. The normalized spacial score (nSPS) is 12.9. The summed E-state index contributed by atoms with van der Waals surface area (Å²) in [6, 6.07) is 6.20. The highest BCUT2D eigenvalue weighted by atomic mass is 19.1. The number of ether oxygens (including phenoxy) is 1. The number of hydrogen-bond donors (Lipinski definition) is 1. The maximum Gasteiger partial charge on any atom is 0.193 e. The van der Waals surface area contributed by atoms with Crippen LogP contribution in [0.25, 0.3) is 0 Å². The highest BCUT2D eigenvalue weighted by Crippen LogP contribution is 2.16. The molecule has 0 spiro atoms. The van der Waals surface area contributed by atoms with Crippen LogP contribution >= 0.6 is 0 Å². The summed E-state index contributed by atoms with van der Waals surface area (Å²) in [6.45, 7) is 1.83. The molecule has 0 bridgehead atoms. The maximum absolute atomic E-state index is 12.9. The van der Waals surface area contributed by atoms with E-state index in [1.165, 1.54) is 12.1 Å². The van der Waals surface area contributed by atoms with Crippen LogP contribution in [0.1, 0.15) is 11.6 Å². The molecule has 0 radical (unpaired) electrons. The van der Waals surface area contributed by atoms with Crippen molar-refractivity contribution in [1.29, 1.82) is 0 Å². The smallest absolute Gasteiger partial charge is 0.193 e. The zero-order valence-electron chi connectivity index (χ0n) is 16.7. The summed E-state index contributed by atoms with van der Waals surface area (Å²) in [6.07, 6.45) is 3.91. The molecule has 1 N–H and O–H groups in total. The molecule has 1 aromatic heterocycles. The summed E-state index contributed by atoms with van der Waals surface area (Å²) < 4.78 is 20.4. The summed E-state index contributed by atoms with van der Waals surface area (Å²) in [4.78, 5) is 8.49. The minimum Gasteiger partial charge on any atom is -0.492 e. The van der Waals surface area contributed by atoms with Crippen LogP contribution in [-0.2, 0) is 7.05 Å². The largest absolute Gasteiger partial charge is 0.492 e. The Bertz CT molecular complexity index is 728. The SMILES string of the molecule is CN=C(NCC(c1cnn(C)c1)N(C)C)N(C)CCOc1ccc(F)cc1. The lowest BCUT2D eigenvalue weighted by Gasteiger charge is -2.27. The highest BCUT2D eigenvalue weighted by molar-refractivity contribution is 5.79. The van der Waals surface area contributed by atoms with E-state index in [0.717, 1.165) is 11.5 Å². The first-order valence-corrected chi connectivity index (χ1v) is 8.86. The molecule has 2 rings (SSSR count). The number of rotatable bonds is 8. The van der Waals surface area contributed by atoms with Gasteiger partial charge in [-0.2, -0.15) is 5.10 Å². The maximum atomic E-state index is 12.9. The summed E-state index contributed by atoms with van der Waals surface area (Å²) in [5.74, 6) is 1.17. The van der Waals surface area contributed by atoms with Crippen LogP contribution in [0.15, 0.2) is 41.7 Å². The molecular weight excluding hydrogens is 347 g/mol. The molecule has 27 heavy (non-hydrogen) atoms. The van der Waals surface area contributed by atoms with Gasteiger partial charge in [-0.25, -0.2) is 4.39 Å². The number of aliphatic imine (C=N–C) groups is 1. The number of likely N-dealkylation sites (N-methyl/N-ethyl adjacent to an activating group) is 2. The Balaban J connectivity index is 1.84. The van der Waals surface area contributed by atoms with Gasteiger partial charge in [0.2, 0.25) is 0 Å². The fourth-order valence-electron chi connectivity index (χ4n) is 2.72. The zero-order chi connectivity index (χ0) is 19.8. The number of aryl methyl sites for hydroxylation is 1. The highest BCUT2D eigenvalue weighted by Gasteiger charge is 2.17. The topological polar surface area (TPSA) is 57.9 Å². The first kappa shape index (κ1) is 20.7. The molecule has 148 valence electrons. The van der Waals surface area contributed by atoms with Gasteiger partial charge in [0.15, 0.2) is 5.96 Å². The van der Waals surface area contributed by atoms with Crippen molar-refractivity contribution in [2.75, 3.05) is 47.9 Å². The Kier molecular flexibility index (Phi) is 7.60. The lowest BCUT2D eigenvalue weighted by Crippen LogP contribution is -2.44. The first-order chi connectivity index (χ1) is 12.9. The van der Waals surface area contributed by atoms with Gasteiger partial charge in [-0.15, -0.1) is 0 Å². The molecule has 0 aliphatic rings. The second-order valence-corrected chi connectivity index (χ2v) is 6.58. The van der Waals surface area contributed by atoms with Crippen LogP contribution in [0.5, 0.6) is 5.75 Å². The van der Waals surface area contributed by atoms with Crippen LogP contribution in [0.4, 0.5) is 4.39 Å². The molecular formula is C19H29FN6O. The van der Waals surface area contributed by atoms with E-state index in [4.69, 9.17) is 4.74 Å². The van der Waals surface area contributed by atoms with Gasteiger partial charge in [-0.3, -0.25) is 9.67 Å². The molecule has 2 aromatic rings. The van der Waals surface area contributed by atoms with Crippen LogP contribution in [-0.4, -0.2) is 73.4 Å². The number of nitrogens with one attached hydrogen (secondary N) is 1. The molecule has 0 saturated heterocycles. The van der Waals surface area contributed by atoms with Gasteiger partial charge in [0.05, 0.1) is 18.8 Å². The Morgan fingerprint density at radius 2 is 2.00 bits per heavy atom. The van der Waals surface area contributed by atoms with Gasteiger partial charge >= 0.3 is 0 Å². The van der Waals surface area contributed by atoms with Crippen molar-refractivity contribution in [3.05, 3.63) is 48.0 Å². The van der Waals surface area contributed by atoms with E-state index in [9.17, 15) is 4.39 Å². The zero-order valence-corrected chi connectivity index (χ0v) is 16.7. The van der Waals surface area contributed by atoms with E-state index < -0.39 is 0 Å². The molecule has 8 heteroatoms. The quantitative estimate of drug-likeness (QED) is 0.562. The molecule has 7 nitrogen and oxygen atoms in total. The third-order valence-corrected chi connectivity index (χ3v) is 4.27. The number of hydrogen-bond acceptors (Lipinski definition) is 4. The molecule has 0 fully saturated rings. The number of benzene rings is 1. The standard InChI is InChI=1S/C19H29FN6O/c1-21-19(22-13-18(24(2)3)15-12-23-26(5)14-15)25(4)10-11-27-17-8-6-16(20)7-9-17/h6-9,12,14,18H,10-11,13H2,1-5H3,(H,21,22). The van der Waals surface area contributed by atoms with Gasteiger partial charge in [-0.05, 0) is 38.4 Å². The van der Waals surface area contributed by atoms with E-state index in [-0.39, 0.29) is 11.9 Å². The van der Waals surface area contributed by atoms with Gasteiger partial charge in [-0.1, -0.05) is 0 Å². The van der Waals surface area contributed by atoms with Gasteiger partial charge in [0, 0.05) is 39.4 Å².